The minimum absolute atomic E-state index is 0.237. The van der Waals surface area contributed by atoms with E-state index in [1.54, 1.807) is 30.3 Å². The highest BCUT2D eigenvalue weighted by molar-refractivity contribution is 7.89. The van der Waals surface area contributed by atoms with Crippen molar-refractivity contribution in [3.05, 3.63) is 53.1 Å². The van der Waals surface area contributed by atoms with Crippen molar-refractivity contribution in [2.24, 2.45) is 0 Å². The molecule has 0 unspecified atom stereocenters. The molecule has 0 atom stereocenters. The third kappa shape index (κ3) is 4.09. The van der Waals surface area contributed by atoms with Crippen LogP contribution >= 0.6 is 11.6 Å². The molecule has 2 aromatic carbocycles. The Hall–Kier alpha value is -2.93. The van der Waals surface area contributed by atoms with E-state index in [1.165, 1.54) is 16.4 Å². The average molecular weight is 469 g/mol. The minimum atomic E-state index is -3.59. The molecular formula is C22H21ClN6O2S. The molecule has 1 N–H and O–H groups in total. The quantitative estimate of drug-likeness (QED) is 0.613. The second-order valence-corrected chi connectivity index (χ2v) is 10.3. The van der Waals surface area contributed by atoms with Crippen LogP contribution in [-0.4, -0.2) is 54.9 Å². The van der Waals surface area contributed by atoms with Crippen molar-refractivity contribution >= 4 is 44.3 Å². The largest absolute Gasteiger partial charge is 0.364 e. The van der Waals surface area contributed by atoms with Gasteiger partial charge in [-0.25, -0.2) is 18.4 Å². The molecule has 2 aliphatic rings. The summed E-state index contributed by atoms with van der Waals surface area (Å²) >= 11 is 5.90. The second kappa shape index (κ2) is 8.20. The normalized spacial score (nSPS) is 17.3. The first-order chi connectivity index (χ1) is 15.4. The molecule has 1 saturated carbocycles. The Labute approximate surface area is 191 Å². The van der Waals surface area contributed by atoms with E-state index in [0.29, 0.717) is 60.0 Å². The average Bonchev–Trinajstić information content (AvgIpc) is 3.63. The zero-order valence-electron chi connectivity index (χ0n) is 17.2. The molecule has 2 heterocycles. The second-order valence-electron chi connectivity index (χ2n) is 7.97. The number of anilines is 2. The number of hydrogen-bond acceptors (Lipinski definition) is 7. The number of rotatable bonds is 5. The van der Waals surface area contributed by atoms with Gasteiger partial charge in [0.1, 0.15) is 0 Å². The summed E-state index contributed by atoms with van der Waals surface area (Å²) < 4.78 is 27.5. The Morgan fingerprint density at radius 1 is 1.00 bits per heavy atom. The van der Waals surface area contributed by atoms with Gasteiger partial charge in [-0.2, -0.15) is 9.57 Å². The summed E-state index contributed by atoms with van der Waals surface area (Å²) in [5.74, 6) is 1.40. The zero-order chi connectivity index (χ0) is 22.3. The number of aromatic nitrogens is 2. The van der Waals surface area contributed by atoms with Crippen LogP contribution in [0.1, 0.15) is 18.4 Å². The van der Waals surface area contributed by atoms with Crippen LogP contribution in [0.25, 0.3) is 11.0 Å². The van der Waals surface area contributed by atoms with E-state index in [4.69, 9.17) is 21.6 Å². The fraction of sp³-hybridized carbons (Fsp3) is 0.318. The van der Waals surface area contributed by atoms with Crippen molar-refractivity contribution in [3.63, 3.8) is 0 Å². The van der Waals surface area contributed by atoms with Crippen LogP contribution in [0.3, 0.4) is 0 Å². The number of benzene rings is 2. The van der Waals surface area contributed by atoms with Gasteiger partial charge in [0.25, 0.3) is 0 Å². The Morgan fingerprint density at radius 2 is 1.72 bits per heavy atom. The van der Waals surface area contributed by atoms with Gasteiger partial charge in [0.15, 0.2) is 11.6 Å². The molecule has 0 amide bonds. The Morgan fingerprint density at radius 3 is 2.38 bits per heavy atom. The summed E-state index contributed by atoms with van der Waals surface area (Å²) in [6, 6.07) is 14.0. The molecule has 1 aromatic heterocycles. The summed E-state index contributed by atoms with van der Waals surface area (Å²) in [6.45, 7) is 1.66. The first-order valence-electron chi connectivity index (χ1n) is 10.4. The number of nitrogens with zero attached hydrogens (tertiary/aromatic N) is 5. The Kier molecular flexibility index (Phi) is 5.37. The van der Waals surface area contributed by atoms with Gasteiger partial charge >= 0.3 is 0 Å². The standard InChI is InChI=1S/C22H21ClN6O2S/c23-16-2-6-18(7-3-16)32(30,31)29-11-9-28(10-12-29)22-21(25-17-4-5-17)26-19-8-1-15(14-24)13-20(19)27-22/h1-3,6-8,13,17H,4-5,9-12H2,(H,25,26). The summed E-state index contributed by atoms with van der Waals surface area (Å²) in [6.07, 6.45) is 2.19. The minimum Gasteiger partial charge on any atom is -0.364 e. The zero-order valence-corrected chi connectivity index (χ0v) is 18.8. The van der Waals surface area contributed by atoms with E-state index < -0.39 is 10.0 Å². The van der Waals surface area contributed by atoms with Crippen LogP contribution in [0.15, 0.2) is 47.4 Å². The molecule has 1 aliphatic heterocycles. The lowest BCUT2D eigenvalue weighted by atomic mass is 10.2. The van der Waals surface area contributed by atoms with Crippen LogP contribution in [0.4, 0.5) is 11.6 Å². The van der Waals surface area contributed by atoms with Gasteiger partial charge in [0.05, 0.1) is 27.6 Å². The maximum atomic E-state index is 13.0. The highest BCUT2D eigenvalue weighted by Crippen LogP contribution is 2.32. The van der Waals surface area contributed by atoms with E-state index in [9.17, 15) is 13.7 Å². The van der Waals surface area contributed by atoms with Crippen molar-refractivity contribution in [2.75, 3.05) is 36.4 Å². The van der Waals surface area contributed by atoms with Crippen LogP contribution < -0.4 is 10.2 Å². The monoisotopic (exact) mass is 468 g/mol. The van der Waals surface area contributed by atoms with E-state index in [2.05, 4.69) is 16.3 Å². The molecule has 32 heavy (non-hydrogen) atoms. The van der Waals surface area contributed by atoms with Gasteiger partial charge in [-0.3, -0.25) is 0 Å². The maximum Gasteiger partial charge on any atom is 0.243 e. The molecule has 2 fully saturated rings. The third-order valence-corrected chi connectivity index (χ3v) is 7.85. The fourth-order valence-electron chi connectivity index (χ4n) is 3.75. The first-order valence-corrected chi connectivity index (χ1v) is 12.2. The molecule has 164 valence electrons. The van der Waals surface area contributed by atoms with E-state index >= 15 is 0 Å². The molecule has 10 heteroatoms. The molecule has 8 nitrogen and oxygen atoms in total. The van der Waals surface area contributed by atoms with Gasteiger partial charge in [0, 0.05) is 37.2 Å². The van der Waals surface area contributed by atoms with Crippen molar-refractivity contribution in [3.8, 4) is 6.07 Å². The third-order valence-electron chi connectivity index (χ3n) is 5.68. The van der Waals surface area contributed by atoms with Crippen molar-refractivity contribution < 1.29 is 8.42 Å². The van der Waals surface area contributed by atoms with Gasteiger partial charge in [-0.1, -0.05) is 11.6 Å². The van der Waals surface area contributed by atoms with Gasteiger partial charge < -0.3 is 10.2 Å². The number of nitriles is 1. The molecule has 0 radical (unpaired) electrons. The van der Waals surface area contributed by atoms with Crippen LogP contribution in [0, 0.1) is 11.3 Å². The van der Waals surface area contributed by atoms with E-state index in [1.807, 2.05) is 0 Å². The topological polar surface area (TPSA) is 102 Å². The number of sulfonamides is 1. The SMILES string of the molecule is N#Cc1ccc2nc(NC3CC3)c(N3CCN(S(=O)(=O)c4ccc(Cl)cc4)CC3)nc2c1. The molecule has 5 rings (SSSR count). The van der Waals surface area contributed by atoms with Gasteiger partial charge in [-0.05, 0) is 55.3 Å². The Bertz CT molecular complexity index is 1310. The Balaban J connectivity index is 1.41. The van der Waals surface area contributed by atoms with Crippen molar-refractivity contribution in [1.29, 1.82) is 5.26 Å². The maximum absolute atomic E-state index is 13.0. The van der Waals surface area contributed by atoms with Crippen LogP contribution in [0.2, 0.25) is 5.02 Å². The van der Waals surface area contributed by atoms with Crippen LogP contribution in [-0.2, 0) is 10.0 Å². The van der Waals surface area contributed by atoms with Gasteiger partial charge in [0.2, 0.25) is 10.0 Å². The summed E-state index contributed by atoms with van der Waals surface area (Å²) in [7, 11) is -3.59. The molecule has 3 aromatic rings. The van der Waals surface area contributed by atoms with E-state index in [-0.39, 0.29) is 4.90 Å². The molecule has 1 saturated heterocycles. The molecule has 0 spiro atoms. The van der Waals surface area contributed by atoms with Crippen LogP contribution in [0.5, 0.6) is 0 Å². The lowest BCUT2D eigenvalue weighted by molar-refractivity contribution is 0.384. The fourth-order valence-corrected chi connectivity index (χ4v) is 5.30. The van der Waals surface area contributed by atoms with Gasteiger partial charge in [-0.15, -0.1) is 0 Å². The number of hydrogen-bond donors (Lipinski definition) is 1. The number of halogens is 1. The predicted octanol–water partition coefficient (Wildman–Crippen LogP) is 3.24. The first kappa shape index (κ1) is 20.9. The summed E-state index contributed by atoms with van der Waals surface area (Å²) in [5, 5.41) is 13.2. The van der Waals surface area contributed by atoms with Crippen molar-refractivity contribution in [2.45, 2.75) is 23.8 Å². The highest BCUT2D eigenvalue weighted by Gasteiger charge is 2.31. The molecule has 0 bridgehead atoms. The smallest absolute Gasteiger partial charge is 0.243 e. The number of piperazine rings is 1. The number of nitrogens with one attached hydrogen (secondary N) is 1. The lowest BCUT2D eigenvalue weighted by Crippen LogP contribution is -2.49. The molecular weight excluding hydrogens is 448 g/mol. The lowest BCUT2D eigenvalue weighted by Gasteiger charge is -2.35. The predicted molar refractivity (Wildman–Crippen MR) is 123 cm³/mol. The van der Waals surface area contributed by atoms with E-state index in [0.717, 1.165) is 18.4 Å². The highest BCUT2D eigenvalue weighted by atomic mass is 35.5. The summed E-state index contributed by atoms with van der Waals surface area (Å²) in [4.78, 5) is 11.9. The van der Waals surface area contributed by atoms with Crippen molar-refractivity contribution in [1.82, 2.24) is 14.3 Å². The number of fused-ring (bicyclic) bond motifs is 1. The molecule has 1 aliphatic carbocycles. The summed E-state index contributed by atoms with van der Waals surface area (Å²) in [5.41, 5.74) is 1.90.